The van der Waals surface area contributed by atoms with Crippen LogP contribution in [0.4, 0.5) is 19.3 Å². The van der Waals surface area contributed by atoms with Gasteiger partial charge in [0.05, 0.1) is 184 Å². The number of halogens is 2. The molecule has 3 saturated carbocycles. The summed E-state index contributed by atoms with van der Waals surface area (Å²) in [5.74, 6) is -1.63. The Labute approximate surface area is 583 Å². The first-order valence-electron chi connectivity index (χ1n) is 34.8. The van der Waals surface area contributed by atoms with Gasteiger partial charge in [0.25, 0.3) is 0 Å². The Morgan fingerprint density at radius 3 is 1.53 bits per heavy atom. The molecule has 1 saturated heterocycles. The fourth-order valence-electron chi connectivity index (χ4n) is 13.1. The zero-order chi connectivity index (χ0) is 71.6. The van der Waals surface area contributed by atoms with Crippen LogP contribution < -0.4 is 15.4 Å². The van der Waals surface area contributed by atoms with Crippen LogP contribution in [0, 0.1) is 22.7 Å². The van der Waals surface area contributed by atoms with Crippen molar-refractivity contribution < 1.29 is 113 Å². The minimum Gasteiger partial charge on any atom is -0.457 e. The van der Waals surface area contributed by atoms with Crippen molar-refractivity contribution in [3.63, 3.8) is 0 Å². The normalized spacial score (nSPS) is 25.7. The van der Waals surface area contributed by atoms with Crippen molar-refractivity contribution in [2.75, 3.05) is 177 Å². The first-order chi connectivity index (χ1) is 47.2. The minimum atomic E-state index is -2.46. The second-order valence-corrected chi connectivity index (χ2v) is 33.0. The predicted octanol–water partition coefficient (Wildman–Crippen LogP) is 9.20. The van der Waals surface area contributed by atoms with Crippen molar-refractivity contribution in [2.45, 2.75) is 141 Å². The quantitative estimate of drug-likeness (QED) is 0.0411. The molecule has 99 heavy (non-hydrogen) atoms. The molecule has 558 valence electrons. The number of carbonyl (C=O) groups is 4. The average molecular weight is 1420 g/mol. The molecule has 1 heterocycles. The molecule has 27 heteroatoms. The van der Waals surface area contributed by atoms with Gasteiger partial charge < -0.3 is 96.0 Å². The number of nitrogens with one attached hydrogen (secondary N) is 2. The highest BCUT2D eigenvalue weighted by Crippen LogP contribution is 2.73. The fraction of sp³-hybridized carbons (Fsp3) is 0.722. The van der Waals surface area contributed by atoms with Gasteiger partial charge in [-0.25, -0.2) is 13.6 Å². The molecule has 4 aliphatic carbocycles. The van der Waals surface area contributed by atoms with E-state index in [2.05, 4.69) is 44.5 Å². The molecule has 4 fully saturated rings. The molecule has 2 aromatic carbocycles. The smallest absolute Gasteiger partial charge is 0.407 e. The number of allylic oxidation sites excluding steroid dienone is 4. The van der Waals surface area contributed by atoms with Crippen molar-refractivity contribution in [2.24, 2.45) is 22.7 Å². The third-order valence-corrected chi connectivity index (χ3v) is 23.6. The van der Waals surface area contributed by atoms with E-state index < -0.39 is 84.4 Å². The van der Waals surface area contributed by atoms with Crippen LogP contribution >= 0.6 is 0 Å². The minimum absolute atomic E-state index is 0.0308. The number of ketones is 2. The monoisotopic (exact) mass is 1420 g/mol. The van der Waals surface area contributed by atoms with Crippen molar-refractivity contribution in [3.05, 3.63) is 77.9 Å². The number of benzene rings is 2. The van der Waals surface area contributed by atoms with Gasteiger partial charge in [0, 0.05) is 34.5 Å². The highest BCUT2D eigenvalue weighted by molar-refractivity contribution is 6.74. The van der Waals surface area contributed by atoms with Crippen molar-refractivity contribution in [1.82, 2.24) is 5.32 Å². The Kier molecular flexibility index (Phi) is 32.3. The molecule has 0 aromatic heterocycles. The zero-order valence-corrected chi connectivity index (χ0v) is 60.8. The lowest BCUT2D eigenvalue weighted by molar-refractivity contribution is -0.235. The topological polar surface area (TPSA) is 269 Å². The SMILES string of the molecule is CC(C)(C)OC(=O)NCCOCCOCCOCCOCCOCCOCCOCCOCCOCCOCCOCCOCCC(=O)Nc1ccc(Oc2ccc(C3O[C@@H]4C[C@H]5[C@@H]6C[C@H](F)C7=CC(=O)C=C[C@]7(C)[C@@]6(F)[C@@H](O)C[C@]5(C)[C@]4(C(=O)CO[Si](C)(C)C(C)(C)C)O3)cc2)cc1. The number of aliphatic hydroxyl groups excluding tert-OH is 1. The number of alkyl carbamates (subject to hydrolysis) is 1. The van der Waals surface area contributed by atoms with Crippen LogP contribution in [0.3, 0.4) is 0 Å². The Hall–Kier alpha value is -4.76. The molecule has 10 atom stereocenters. The number of aliphatic hydroxyl groups is 1. The molecule has 7 rings (SSSR count). The Bertz CT molecular complexity index is 2860. The first-order valence-corrected chi connectivity index (χ1v) is 37.7. The third-order valence-electron chi connectivity index (χ3n) is 19.2. The number of alkyl halides is 2. The predicted molar refractivity (Wildman–Crippen MR) is 364 cm³/mol. The molecule has 5 aliphatic rings. The summed E-state index contributed by atoms with van der Waals surface area (Å²) in [6.45, 7) is 29.4. The Balaban J connectivity index is 0.657. The molecule has 1 unspecified atom stereocenters. The molecular formula is C72H110F2N2O22Si. The molecule has 24 nitrogen and oxygen atoms in total. The maximum absolute atomic E-state index is 18.1. The highest BCUT2D eigenvalue weighted by atomic mass is 28.4. The number of hydrogen-bond acceptors (Lipinski definition) is 22. The van der Waals surface area contributed by atoms with Crippen LogP contribution in [0.25, 0.3) is 0 Å². The van der Waals surface area contributed by atoms with E-state index in [0.717, 1.165) is 0 Å². The second kappa shape index (κ2) is 39.2. The van der Waals surface area contributed by atoms with Gasteiger partial charge in [-0.3, -0.25) is 14.4 Å². The molecule has 2 aromatic rings. The van der Waals surface area contributed by atoms with E-state index in [-0.39, 0.29) is 61.2 Å². The van der Waals surface area contributed by atoms with E-state index in [9.17, 15) is 19.5 Å². The maximum atomic E-state index is 18.1. The van der Waals surface area contributed by atoms with E-state index in [0.29, 0.717) is 181 Å². The van der Waals surface area contributed by atoms with Crippen molar-refractivity contribution >= 4 is 37.6 Å². The summed E-state index contributed by atoms with van der Waals surface area (Å²) in [7, 11) is -2.46. The number of fused-ring (bicyclic) bond motifs is 7. The van der Waals surface area contributed by atoms with Gasteiger partial charge in [-0.1, -0.05) is 45.9 Å². The Morgan fingerprint density at radius 2 is 1.07 bits per heavy atom. The molecule has 1 aliphatic heterocycles. The summed E-state index contributed by atoms with van der Waals surface area (Å²) in [5, 5.41) is 17.4. The molecule has 3 N–H and O–H groups in total. The van der Waals surface area contributed by atoms with Crippen LogP contribution in [-0.2, 0) is 89.9 Å². The van der Waals surface area contributed by atoms with E-state index in [1.165, 1.54) is 18.2 Å². The van der Waals surface area contributed by atoms with Gasteiger partial charge >= 0.3 is 6.09 Å². The van der Waals surface area contributed by atoms with Crippen molar-refractivity contribution in [1.29, 1.82) is 0 Å². The lowest BCUT2D eigenvalue weighted by Gasteiger charge is -2.63. The average Bonchev–Trinajstić information content (AvgIpc) is 1.57. The summed E-state index contributed by atoms with van der Waals surface area (Å²) in [5.41, 5.74) is -6.10. The first kappa shape index (κ1) is 81.5. The van der Waals surface area contributed by atoms with E-state index in [1.54, 1.807) is 55.5 Å². The van der Waals surface area contributed by atoms with Gasteiger partial charge in [-0.2, -0.15) is 0 Å². The third kappa shape index (κ3) is 23.1. The number of anilines is 1. The summed E-state index contributed by atoms with van der Waals surface area (Å²) in [6, 6.07) is 14.0. The summed E-state index contributed by atoms with van der Waals surface area (Å²) < 4.78 is 132. The Morgan fingerprint density at radius 1 is 0.626 bits per heavy atom. The number of carbonyl (C=O) groups excluding carboxylic acids is 4. The number of hydrogen-bond donors (Lipinski definition) is 3. The lowest BCUT2D eigenvalue weighted by Crippen LogP contribution is -2.71. The van der Waals surface area contributed by atoms with E-state index in [1.807, 2.05) is 27.7 Å². The number of ether oxygens (including phenoxy) is 16. The highest BCUT2D eigenvalue weighted by Gasteiger charge is 2.80. The second-order valence-electron chi connectivity index (χ2n) is 28.1. The molecule has 0 radical (unpaired) electrons. The van der Waals surface area contributed by atoms with Gasteiger partial charge in [0.1, 0.15) is 23.3 Å². The molecule has 0 bridgehead atoms. The van der Waals surface area contributed by atoms with Gasteiger partial charge in [-0.05, 0) is 125 Å². The standard InChI is InChI=1S/C72H110F2N2O22Si/c1-67(2,3)98-66(81)75-22-24-83-26-28-85-30-32-87-34-36-89-38-40-91-42-44-93-46-45-92-43-41-90-39-37-88-35-33-86-31-29-84-27-25-82-23-20-64(80)76-53-13-17-56(18-14-53)95-55-15-11-52(12-16-55)65-96-63-49-57-58-48-60(73)59-47-54(77)19-21-69(59,7)71(58,74)61(78)50-70(57,8)72(63,97-65)62(79)51-94-99(9,10)68(4,5)6/h11-19,21,47,57-58,60-61,63,65,78H,20,22-46,48-51H2,1-10H3,(H,75,81)(H,76,80)/t57-,58-,60-,61-,63+,65?,69-,70-,71-,72+/m0/s1. The maximum Gasteiger partial charge on any atom is 0.407 e. The van der Waals surface area contributed by atoms with Crippen molar-refractivity contribution in [3.8, 4) is 11.5 Å². The zero-order valence-electron chi connectivity index (χ0n) is 59.8. The van der Waals surface area contributed by atoms with Gasteiger partial charge in [0.15, 0.2) is 37.4 Å². The van der Waals surface area contributed by atoms with Crippen LogP contribution in [0.2, 0.25) is 18.1 Å². The van der Waals surface area contributed by atoms with Gasteiger partial charge in [0.2, 0.25) is 5.91 Å². The van der Waals surface area contributed by atoms with Crippen LogP contribution in [0.5, 0.6) is 11.5 Å². The van der Waals surface area contributed by atoms with E-state index >= 15 is 13.6 Å². The fourth-order valence-corrected chi connectivity index (χ4v) is 14.0. The molecular weight excluding hydrogens is 1310 g/mol. The number of Topliss-reactive ketones (excluding diaryl/α,β-unsaturated/α-hetero) is 1. The van der Waals surface area contributed by atoms with Crippen LogP contribution in [0.15, 0.2) is 72.3 Å². The summed E-state index contributed by atoms with van der Waals surface area (Å²) in [4.78, 5) is 51.8. The number of amides is 2. The molecule has 2 amide bonds. The number of rotatable bonds is 47. The van der Waals surface area contributed by atoms with E-state index in [4.69, 9.17) is 80.2 Å². The van der Waals surface area contributed by atoms with Gasteiger partial charge in [-0.15, -0.1) is 0 Å². The summed E-state index contributed by atoms with van der Waals surface area (Å²) in [6.07, 6.45) is -1.89. The lowest BCUT2D eigenvalue weighted by atomic mass is 9.44. The molecule has 0 spiro atoms. The largest absolute Gasteiger partial charge is 0.457 e. The van der Waals surface area contributed by atoms with Crippen LogP contribution in [0.1, 0.15) is 92.9 Å². The summed E-state index contributed by atoms with van der Waals surface area (Å²) >= 11 is 0. The van der Waals surface area contributed by atoms with Crippen LogP contribution in [-0.4, -0.2) is 244 Å².